The van der Waals surface area contributed by atoms with Gasteiger partial charge in [-0.2, -0.15) is 13.2 Å². The summed E-state index contributed by atoms with van der Waals surface area (Å²) in [5, 5.41) is 3.04. The number of alkyl halides is 3. The Balaban J connectivity index is 0.000000956. The van der Waals surface area contributed by atoms with Crippen LogP contribution in [0.25, 0.3) is 0 Å². The molecule has 108 valence electrons. The van der Waals surface area contributed by atoms with Gasteiger partial charge in [0.25, 0.3) is 0 Å². The lowest BCUT2D eigenvalue weighted by Crippen LogP contribution is -2.04. The summed E-state index contributed by atoms with van der Waals surface area (Å²) in [5.41, 5.74) is 0.757. The predicted octanol–water partition coefficient (Wildman–Crippen LogP) is 6.24. The van der Waals surface area contributed by atoms with Crippen molar-refractivity contribution < 1.29 is 13.2 Å². The van der Waals surface area contributed by atoms with Crippen LogP contribution in [0.2, 0.25) is 0 Å². The van der Waals surface area contributed by atoms with E-state index in [2.05, 4.69) is 21.2 Å². The second-order valence-electron chi connectivity index (χ2n) is 3.68. The van der Waals surface area contributed by atoms with Gasteiger partial charge in [-0.05, 0) is 52.3 Å². The monoisotopic (exact) mass is 345 g/mol. The molecule has 0 saturated heterocycles. The molecule has 1 N–H and O–H groups in total. The molecule has 0 spiro atoms. The van der Waals surface area contributed by atoms with Crippen LogP contribution in [-0.2, 0) is 6.18 Å². The van der Waals surface area contributed by atoms with Crippen LogP contribution < -0.4 is 5.32 Å². The van der Waals surface area contributed by atoms with Gasteiger partial charge in [-0.15, -0.1) is 0 Å². The van der Waals surface area contributed by atoms with Crippen LogP contribution in [0.4, 0.5) is 24.5 Å². The first-order chi connectivity index (χ1) is 9.47. The van der Waals surface area contributed by atoms with Gasteiger partial charge in [-0.25, -0.2) is 0 Å². The van der Waals surface area contributed by atoms with E-state index < -0.39 is 11.7 Å². The lowest BCUT2D eigenvalue weighted by Gasteiger charge is -2.10. The van der Waals surface area contributed by atoms with Crippen molar-refractivity contribution in [3.63, 3.8) is 0 Å². The fourth-order valence-corrected chi connectivity index (χ4v) is 1.84. The average Bonchev–Trinajstić information content (AvgIpc) is 2.43. The van der Waals surface area contributed by atoms with E-state index in [4.69, 9.17) is 0 Å². The van der Waals surface area contributed by atoms with E-state index in [1.165, 1.54) is 12.1 Å². The highest BCUT2D eigenvalue weighted by atomic mass is 79.9. The van der Waals surface area contributed by atoms with Crippen molar-refractivity contribution in [1.29, 1.82) is 0 Å². The minimum absolute atomic E-state index is 0.606. The Morgan fingerprint density at radius 2 is 1.45 bits per heavy atom. The molecule has 0 atom stereocenters. The van der Waals surface area contributed by atoms with Gasteiger partial charge in [0, 0.05) is 10.2 Å². The van der Waals surface area contributed by atoms with Crippen molar-refractivity contribution in [2.24, 2.45) is 0 Å². The van der Waals surface area contributed by atoms with E-state index in [0.717, 1.165) is 22.3 Å². The molecule has 0 amide bonds. The fourth-order valence-electron chi connectivity index (χ4n) is 1.46. The van der Waals surface area contributed by atoms with Gasteiger partial charge in [0.15, 0.2) is 0 Å². The van der Waals surface area contributed by atoms with Crippen LogP contribution in [0.5, 0.6) is 0 Å². The van der Waals surface area contributed by atoms with E-state index in [1.54, 1.807) is 0 Å². The summed E-state index contributed by atoms with van der Waals surface area (Å²) in [6.45, 7) is 4.00. The van der Waals surface area contributed by atoms with Crippen molar-refractivity contribution in [2.75, 3.05) is 5.32 Å². The van der Waals surface area contributed by atoms with Crippen molar-refractivity contribution in [1.82, 2.24) is 0 Å². The quantitative estimate of drug-likeness (QED) is 0.679. The third-order valence-electron chi connectivity index (χ3n) is 2.37. The van der Waals surface area contributed by atoms with Crippen LogP contribution in [0.15, 0.2) is 53.0 Å². The third-order valence-corrected chi connectivity index (χ3v) is 3.06. The molecule has 2 aromatic rings. The molecule has 0 bridgehead atoms. The Hall–Kier alpha value is -1.49. The summed E-state index contributed by atoms with van der Waals surface area (Å²) in [6, 6.07) is 12.3. The van der Waals surface area contributed by atoms with Crippen LogP contribution in [0.1, 0.15) is 19.4 Å². The average molecular weight is 346 g/mol. The first-order valence-corrected chi connectivity index (χ1v) is 6.95. The normalized spacial score (nSPS) is 10.5. The highest BCUT2D eigenvalue weighted by Crippen LogP contribution is 2.31. The molecule has 0 aromatic heterocycles. The Morgan fingerprint density at radius 3 is 1.95 bits per heavy atom. The zero-order chi connectivity index (χ0) is 15.2. The minimum atomic E-state index is -4.30. The van der Waals surface area contributed by atoms with Gasteiger partial charge in [0.1, 0.15) is 0 Å². The van der Waals surface area contributed by atoms with Gasteiger partial charge >= 0.3 is 6.18 Å². The second-order valence-corrected chi connectivity index (χ2v) is 4.53. The standard InChI is InChI=1S/C13H9BrF3N.C2H6/c14-11-3-1-2-4-12(11)18-10-7-5-9(6-8-10)13(15,16)17;1-2/h1-8,18H;1-2H3. The summed E-state index contributed by atoms with van der Waals surface area (Å²) in [6.07, 6.45) is -4.30. The predicted molar refractivity (Wildman–Crippen MR) is 80.2 cm³/mol. The lowest BCUT2D eigenvalue weighted by atomic mass is 10.2. The zero-order valence-corrected chi connectivity index (χ0v) is 12.7. The molecule has 0 radical (unpaired) electrons. The Labute approximate surface area is 125 Å². The summed E-state index contributed by atoms with van der Waals surface area (Å²) < 4.78 is 38.0. The maximum Gasteiger partial charge on any atom is 0.416 e. The van der Waals surface area contributed by atoms with Crippen molar-refractivity contribution in [3.05, 3.63) is 58.6 Å². The molecular formula is C15H15BrF3N. The molecule has 0 saturated carbocycles. The van der Waals surface area contributed by atoms with Crippen molar-refractivity contribution >= 4 is 27.3 Å². The number of hydrogen-bond donors (Lipinski definition) is 1. The van der Waals surface area contributed by atoms with Crippen molar-refractivity contribution in [2.45, 2.75) is 20.0 Å². The largest absolute Gasteiger partial charge is 0.416 e. The number of halogens is 4. The van der Waals surface area contributed by atoms with Gasteiger partial charge in [0.05, 0.1) is 11.3 Å². The fraction of sp³-hybridized carbons (Fsp3) is 0.200. The number of nitrogens with one attached hydrogen (secondary N) is 1. The highest BCUT2D eigenvalue weighted by molar-refractivity contribution is 9.10. The van der Waals surface area contributed by atoms with Crippen LogP contribution >= 0.6 is 15.9 Å². The van der Waals surface area contributed by atoms with Crippen molar-refractivity contribution in [3.8, 4) is 0 Å². The number of hydrogen-bond acceptors (Lipinski definition) is 1. The first-order valence-electron chi connectivity index (χ1n) is 6.15. The zero-order valence-electron chi connectivity index (χ0n) is 11.1. The van der Waals surface area contributed by atoms with E-state index in [-0.39, 0.29) is 0 Å². The highest BCUT2D eigenvalue weighted by Gasteiger charge is 2.29. The van der Waals surface area contributed by atoms with Gasteiger partial charge < -0.3 is 5.32 Å². The summed E-state index contributed by atoms with van der Waals surface area (Å²) >= 11 is 3.36. The second kappa shape index (κ2) is 7.33. The van der Waals surface area contributed by atoms with Gasteiger partial charge in [-0.3, -0.25) is 0 Å². The lowest BCUT2D eigenvalue weighted by molar-refractivity contribution is -0.137. The minimum Gasteiger partial charge on any atom is -0.355 e. The van der Waals surface area contributed by atoms with E-state index >= 15 is 0 Å². The van der Waals surface area contributed by atoms with Crippen LogP contribution in [0, 0.1) is 0 Å². The molecule has 0 unspecified atom stereocenters. The molecule has 5 heteroatoms. The molecular weight excluding hydrogens is 331 g/mol. The Bertz CT molecular complexity index is 536. The Kier molecular flexibility index (Phi) is 6.07. The molecule has 2 rings (SSSR count). The molecule has 0 aliphatic heterocycles. The molecule has 0 aliphatic carbocycles. The number of anilines is 2. The maximum atomic E-state index is 12.4. The SMILES string of the molecule is CC.FC(F)(F)c1ccc(Nc2ccccc2Br)cc1. The van der Waals surface area contributed by atoms with Crippen LogP contribution in [0.3, 0.4) is 0 Å². The van der Waals surface area contributed by atoms with E-state index in [9.17, 15) is 13.2 Å². The molecule has 0 fully saturated rings. The number of benzene rings is 2. The number of para-hydroxylation sites is 1. The van der Waals surface area contributed by atoms with Gasteiger partial charge in [0.2, 0.25) is 0 Å². The van der Waals surface area contributed by atoms with E-state index in [1.807, 2.05) is 38.1 Å². The summed E-state index contributed by atoms with van der Waals surface area (Å²) in [5.74, 6) is 0. The molecule has 0 heterocycles. The van der Waals surface area contributed by atoms with Crippen LogP contribution in [-0.4, -0.2) is 0 Å². The summed E-state index contributed by atoms with van der Waals surface area (Å²) in [7, 11) is 0. The summed E-state index contributed by atoms with van der Waals surface area (Å²) in [4.78, 5) is 0. The number of rotatable bonds is 2. The third kappa shape index (κ3) is 4.56. The molecule has 0 aliphatic rings. The van der Waals surface area contributed by atoms with E-state index in [0.29, 0.717) is 5.69 Å². The topological polar surface area (TPSA) is 12.0 Å². The smallest absolute Gasteiger partial charge is 0.355 e. The van der Waals surface area contributed by atoms with Gasteiger partial charge in [-0.1, -0.05) is 26.0 Å². The Morgan fingerprint density at radius 1 is 0.900 bits per heavy atom. The molecule has 1 nitrogen and oxygen atoms in total. The molecule has 20 heavy (non-hydrogen) atoms. The first kappa shape index (κ1) is 16.6. The molecule has 2 aromatic carbocycles. The maximum absolute atomic E-state index is 12.4.